The van der Waals surface area contributed by atoms with Gasteiger partial charge in [-0.15, -0.1) is 0 Å². The molecule has 7 nitrogen and oxygen atoms in total. The van der Waals surface area contributed by atoms with Crippen LogP contribution in [0.2, 0.25) is 0 Å². The second-order valence-electron chi connectivity index (χ2n) is 6.29. The van der Waals surface area contributed by atoms with Crippen molar-refractivity contribution in [1.82, 2.24) is 5.32 Å². The number of hydrogen-bond donors (Lipinski definition) is 2. The van der Waals surface area contributed by atoms with Crippen molar-refractivity contribution in [3.8, 4) is 11.5 Å². The van der Waals surface area contributed by atoms with E-state index in [0.29, 0.717) is 11.5 Å². The summed E-state index contributed by atoms with van der Waals surface area (Å²) in [6.07, 6.45) is 2.76. The molecule has 0 saturated heterocycles. The summed E-state index contributed by atoms with van der Waals surface area (Å²) in [5.74, 6) is 0.0452. The molecule has 1 atom stereocenters. The minimum Gasteiger partial charge on any atom is -0.493 e. The fraction of sp³-hybridized carbons (Fsp3) is 0.444. The third kappa shape index (κ3) is 7.15. The van der Waals surface area contributed by atoms with Gasteiger partial charge in [0, 0.05) is 0 Å². The van der Waals surface area contributed by atoms with Gasteiger partial charge in [-0.2, -0.15) is 0 Å². The first-order valence-electron chi connectivity index (χ1n) is 7.77. The highest BCUT2D eigenvalue weighted by atomic mass is 16.6. The number of rotatable bonds is 7. The number of carboxylic acids is 1. The molecule has 0 aliphatic heterocycles. The van der Waals surface area contributed by atoms with Crippen LogP contribution in [0, 0.1) is 0 Å². The predicted molar refractivity (Wildman–Crippen MR) is 94.0 cm³/mol. The Morgan fingerprint density at radius 1 is 1.20 bits per heavy atom. The molecule has 0 aromatic heterocycles. The molecule has 0 heterocycles. The van der Waals surface area contributed by atoms with Crippen molar-refractivity contribution in [3.63, 3.8) is 0 Å². The van der Waals surface area contributed by atoms with Crippen molar-refractivity contribution in [1.29, 1.82) is 0 Å². The Labute approximate surface area is 147 Å². The monoisotopic (exact) mass is 351 g/mol. The molecular formula is C18H25NO6. The molecule has 0 aliphatic carbocycles. The Morgan fingerprint density at radius 3 is 2.36 bits per heavy atom. The summed E-state index contributed by atoms with van der Waals surface area (Å²) >= 11 is 0. The number of hydrogen-bond acceptors (Lipinski definition) is 5. The summed E-state index contributed by atoms with van der Waals surface area (Å²) in [5.41, 5.74) is 0.127. The number of aliphatic carboxylic acids is 1. The highest BCUT2D eigenvalue weighted by molar-refractivity contribution is 5.80. The minimum atomic E-state index is -1.14. The molecule has 25 heavy (non-hydrogen) atoms. The molecule has 0 spiro atoms. The Bertz CT molecular complexity index is 633. The van der Waals surface area contributed by atoms with E-state index in [-0.39, 0.29) is 6.42 Å². The van der Waals surface area contributed by atoms with E-state index >= 15 is 0 Å². The van der Waals surface area contributed by atoms with Gasteiger partial charge < -0.3 is 24.6 Å². The van der Waals surface area contributed by atoms with Gasteiger partial charge in [0.15, 0.2) is 11.5 Å². The van der Waals surface area contributed by atoms with Crippen LogP contribution in [0.3, 0.4) is 0 Å². The second-order valence-corrected chi connectivity index (χ2v) is 6.29. The molecule has 0 unspecified atom stereocenters. The Hall–Kier alpha value is -2.70. The van der Waals surface area contributed by atoms with E-state index in [4.69, 9.17) is 14.2 Å². The zero-order chi connectivity index (χ0) is 19.0. The number of alkyl carbamates (subject to hydrolysis) is 1. The highest BCUT2D eigenvalue weighted by Crippen LogP contribution is 2.28. The first-order chi connectivity index (χ1) is 11.7. The lowest BCUT2D eigenvalue weighted by molar-refractivity contribution is -0.139. The van der Waals surface area contributed by atoms with E-state index in [1.54, 1.807) is 52.2 Å². The third-order valence-electron chi connectivity index (χ3n) is 3.08. The summed E-state index contributed by atoms with van der Waals surface area (Å²) in [6.45, 7) is 5.12. The summed E-state index contributed by atoms with van der Waals surface area (Å²) in [5, 5.41) is 11.6. The second kappa shape index (κ2) is 8.96. The lowest BCUT2D eigenvalue weighted by Crippen LogP contribution is -2.43. The largest absolute Gasteiger partial charge is 0.493 e. The van der Waals surface area contributed by atoms with E-state index in [0.717, 1.165) is 5.56 Å². The number of nitrogens with one attached hydrogen (secondary N) is 1. The van der Waals surface area contributed by atoms with Crippen LogP contribution < -0.4 is 14.8 Å². The van der Waals surface area contributed by atoms with Crippen molar-refractivity contribution in [2.24, 2.45) is 0 Å². The van der Waals surface area contributed by atoms with Crippen LogP contribution in [-0.4, -0.2) is 43.0 Å². The Balaban J connectivity index is 2.73. The molecule has 0 bridgehead atoms. The molecule has 1 aromatic carbocycles. The summed E-state index contributed by atoms with van der Waals surface area (Å²) < 4.78 is 15.4. The van der Waals surface area contributed by atoms with Gasteiger partial charge in [-0.3, -0.25) is 0 Å². The van der Waals surface area contributed by atoms with E-state index in [1.807, 2.05) is 6.07 Å². The first-order valence-corrected chi connectivity index (χ1v) is 7.77. The van der Waals surface area contributed by atoms with E-state index in [1.165, 1.54) is 7.11 Å². The quantitative estimate of drug-likeness (QED) is 0.784. The molecule has 1 amide bonds. The smallest absolute Gasteiger partial charge is 0.408 e. The number of carboxylic acid groups (broad SMARTS) is 1. The molecule has 0 fully saturated rings. The molecule has 1 aromatic rings. The lowest BCUT2D eigenvalue weighted by Gasteiger charge is -2.21. The maximum absolute atomic E-state index is 11.7. The standard InChI is InChI=1S/C18H25NO6/c1-18(2,3)25-17(22)19-13(16(20)21)8-6-7-12-9-10-14(23-4)15(11-12)24-5/h6-7,9-11,13H,8H2,1-5H3,(H,19,22)(H,20,21)/b7-6+/t13-/m0/s1. The Kier molecular flexibility index (Phi) is 7.29. The molecule has 1 rings (SSSR count). The van der Waals surface area contributed by atoms with Gasteiger partial charge in [0.2, 0.25) is 0 Å². The predicted octanol–water partition coefficient (Wildman–Crippen LogP) is 3.09. The van der Waals surface area contributed by atoms with Gasteiger partial charge in [-0.1, -0.05) is 18.2 Å². The Morgan fingerprint density at radius 2 is 1.84 bits per heavy atom. The van der Waals surface area contributed by atoms with Crippen molar-refractivity contribution in [2.75, 3.05) is 14.2 Å². The fourth-order valence-corrected chi connectivity index (χ4v) is 1.97. The van der Waals surface area contributed by atoms with Gasteiger partial charge in [0.25, 0.3) is 0 Å². The molecule has 7 heteroatoms. The highest BCUT2D eigenvalue weighted by Gasteiger charge is 2.22. The fourth-order valence-electron chi connectivity index (χ4n) is 1.97. The topological polar surface area (TPSA) is 94.1 Å². The molecule has 138 valence electrons. The van der Waals surface area contributed by atoms with Gasteiger partial charge in [-0.25, -0.2) is 9.59 Å². The normalized spacial score (nSPS) is 12.5. The number of carbonyl (C=O) groups excluding carboxylic acids is 1. The summed E-state index contributed by atoms with van der Waals surface area (Å²) in [7, 11) is 3.09. The lowest BCUT2D eigenvalue weighted by atomic mass is 10.1. The molecule has 0 aliphatic rings. The van der Waals surface area contributed by atoms with Crippen molar-refractivity contribution >= 4 is 18.1 Å². The van der Waals surface area contributed by atoms with Gasteiger partial charge in [0.05, 0.1) is 14.2 Å². The van der Waals surface area contributed by atoms with Crippen LogP contribution in [0.25, 0.3) is 6.08 Å². The SMILES string of the molecule is COc1ccc(/C=C/C[C@H](NC(=O)OC(C)(C)C)C(=O)O)cc1OC. The average molecular weight is 351 g/mol. The van der Waals surface area contributed by atoms with Gasteiger partial charge in [0.1, 0.15) is 11.6 Å². The van der Waals surface area contributed by atoms with Gasteiger partial charge in [-0.05, 0) is 44.9 Å². The van der Waals surface area contributed by atoms with Crippen LogP contribution in [0.4, 0.5) is 4.79 Å². The van der Waals surface area contributed by atoms with Crippen LogP contribution in [0.15, 0.2) is 24.3 Å². The van der Waals surface area contributed by atoms with Crippen molar-refractivity contribution < 1.29 is 28.9 Å². The molecule has 0 saturated carbocycles. The maximum atomic E-state index is 11.7. The number of amides is 1. The molecule has 2 N–H and O–H groups in total. The molecular weight excluding hydrogens is 326 g/mol. The van der Waals surface area contributed by atoms with Crippen LogP contribution in [-0.2, 0) is 9.53 Å². The average Bonchev–Trinajstić information content (AvgIpc) is 2.51. The number of methoxy groups -OCH3 is 2. The van der Waals surface area contributed by atoms with Gasteiger partial charge >= 0.3 is 12.1 Å². The molecule has 0 radical (unpaired) electrons. The van der Waals surface area contributed by atoms with E-state index in [2.05, 4.69) is 5.32 Å². The zero-order valence-electron chi connectivity index (χ0n) is 15.2. The number of ether oxygens (including phenoxy) is 3. The summed E-state index contributed by atoms with van der Waals surface area (Å²) in [4.78, 5) is 23.0. The van der Waals surface area contributed by atoms with Crippen LogP contribution >= 0.6 is 0 Å². The maximum Gasteiger partial charge on any atom is 0.408 e. The van der Waals surface area contributed by atoms with Crippen molar-refractivity contribution in [3.05, 3.63) is 29.8 Å². The van der Waals surface area contributed by atoms with Crippen molar-refractivity contribution in [2.45, 2.75) is 38.8 Å². The minimum absolute atomic E-state index is 0.114. The van der Waals surface area contributed by atoms with E-state index in [9.17, 15) is 14.7 Å². The van der Waals surface area contributed by atoms with E-state index < -0.39 is 23.7 Å². The first kappa shape index (κ1) is 20.3. The number of carbonyl (C=O) groups is 2. The third-order valence-corrected chi connectivity index (χ3v) is 3.08. The number of benzene rings is 1. The van der Waals surface area contributed by atoms with Crippen LogP contribution in [0.5, 0.6) is 11.5 Å². The zero-order valence-corrected chi connectivity index (χ0v) is 15.2. The van der Waals surface area contributed by atoms with Crippen LogP contribution in [0.1, 0.15) is 32.8 Å². The summed E-state index contributed by atoms with van der Waals surface area (Å²) in [6, 6.07) is 4.26.